The SMILES string of the molecule is N#Cc1cnn2cc(-c3cnn([C@@H]4CCCNC4)c3)cc(Sc3ccccn3)c12. The van der Waals surface area contributed by atoms with E-state index in [1.807, 2.05) is 30.6 Å². The lowest BCUT2D eigenvalue weighted by Crippen LogP contribution is -2.31. The summed E-state index contributed by atoms with van der Waals surface area (Å²) in [6, 6.07) is 10.5. The zero-order chi connectivity index (χ0) is 19.6. The van der Waals surface area contributed by atoms with Crippen LogP contribution in [0.3, 0.4) is 0 Å². The first-order chi connectivity index (χ1) is 14.3. The van der Waals surface area contributed by atoms with E-state index in [1.54, 1.807) is 16.9 Å². The minimum absolute atomic E-state index is 0.387. The van der Waals surface area contributed by atoms with Crippen molar-refractivity contribution in [2.24, 2.45) is 0 Å². The van der Waals surface area contributed by atoms with Crippen LogP contribution in [0.25, 0.3) is 16.6 Å². The van der Waals surface area contributed by atoms with Crippen LogP contribution in [0.15, 0.2) is 65.2 Å². The minimum Gasteiger partial charge on any atom is -0.315 e. The molecule has 1 N–H and O–H groups in total. The monoisotopic (exact) mass is 401 g/mol. The maximum atomic E-state index is 9.50. The van der Waals surface area contributed by atoms with Gasteiger partial charge < -0.3 is 5.32 Å². The van der Waals surface area contributed by atoms with Gasteiger partial charge in [-0.15, -0.1) is 0 Å². The van der Waals surface area contributed by atoms with Crippen LogP contribution in [-0.4, -0.2) is 37.5 Å². The van der Waals surface area contributed by atoms with Crippen LogP contribution in [0.4, 0.5) is 0 Å². The van der Waals surface area contributed by atoms with Crippen molar-refractivity contribution in [1.29, 1.82) is 5.26 Å². The highest BCUT2D eigenvalue weighted by atomic mass is 32.2. The van der Waals surface area contributed by atoms with Crippen molar-refractivity contribution >= 4 is 17.3 Å². The van der Waals surface area contributed by atoms with Gasteiger partial charge >= 0.3 is 0 Å². The normalized spacial score (nSPS) is 16.7. The average molecular weight is 401 g/mol. The second-order valence-corrected chi connectivity index (χ2v) is 8.10. The highest BCUT2D eigenvalue weighted by Crippen LogP contribution is 2.35. The molecule has 1 atom stereocenters. The molecule has 29 heavy (non-hydrogen) atoms. The summed E-state index contributed by atoms with van der Waals surface area (Å²) in [5.41, 5.74) is 3.41. The Bertz CT molecular complexity index is 1180. The van der Waals surface area contributed by atoms with E-state index in [9.17, 15) is 5.26 Å². The Balaban J connectivity index is 1.56. The Labute approximate surface area is 172 Å². The summed E-state index contributed by atoms with van der Waals surface area (Å²) in [4.78, 5) is 5.36. The van der Waals surface area contributed by atoms with Gasteiger partial charge in [0.25, 0.3) is 0 Å². The fourth-order valence-electron chi connectivity index (χ4n) is 3.67. The fourth-order valence-corrected chi connectivity index (χ4v) is 4.64. The molecule has 0 amide bonds. The van der Waals surface area contributed by atoms with Gasteiger partial charge in [0, 0.05) is 41.2 Å². The van der Waals surface area contributed by atoms with Crippen molar-refractivity contribution in [1.82, 2.24) is 29.7 Å². The van der Waals surface area contributed by atoms with E-state index in [2.05, 4.69) is 43.5 Å². The van der Waals surface area contributed by atoms with Crippen molar-refractivity contribution in [3.8, 4) is 17.2 Å². The molecule has 0 radical (unpaired) electrons. The first kappa shape index (κ1) is 17.9. The van der Waals surface area contributed by atoms with Crippen LogP contribution in [0.1, 0.15) is 24.4 Å². The number of nitrogens with zero attached hydrogens (tertiary/aromatic N) is 6. The molecule has 0 aliphatic carbocycles. The fraction of sp³-hybridized carbons (Fsp3) is 0.238. The van der Waals surface area contributed by atoms with Crippen LogP contribution in [-0.2, 0) is 0 Å². The molecule has 0 saturated carbocycles. The first-order valence-electron chi connectivity index (χ1n) is 9.57. The van der Waals surface area contributed by atoms with E-state index in [0.717, 1.165) is 46.1 Å². The number of hydrogen-bond donors (Lipinski definition) is 1. The molecule has 0 spiro atoms. The van der Waals surface area contributed by atoms with Gasteiger partial charge in [0.15, 0.2) is 0 Å². The lowest BCUT2D eigenvalue weighted by molar-refractivity contribution is 0.347. The number of nitrogens with one attached hydrogen (secondary N) is 1. The molecule has 5 rings (SSSR count). The highest BCUT2D eigenvalue weighted by Gasteiger charge is 2.18. The topological polar surface area (TPSA) is 83.8 Å². The van der Waals surface area contributed by atoms with Crippen molar-refractivity contribution in [3.63, 3.8) is 0 Å². The van der Waals surface area contributed by atoms with Crippen LogP contribution in [0.5, 0.6) is 0 Å². The Morgan fingerprint density at radius 1 is 1.17 bits per heavy atom. The van der Waals surface area contributed by atoms with Crippen molar-refractivity contribution in [2.45, 2.75) is 28.8 Å². The predicted molar refractivity (Wildman–Crippen MR) is 111 cm³/mol. The third kappa shape index (κ3) is 3.50. The third-order valence-corrected chi connectivity index (χ3v) is 6.11. The second-order valence-electron chi connectivity index (χ2n) is 7.04. The maximum absolute atomic E-state index is 9.50. The molecule has 1 aliphatic rings. The molecule has 1 fully saturated rings. The van der Waals surface area contributed by atoms with Crippen molar-refractivity contribution in [3.05, 3.63) is 60.8 Å². The lowest BCUT2D eigenvalue weighted by atomic mass is 10.1. The van der Waals surface area contributed by atoms with E-state index in [0.29, 0.717) is 11.6 Å². The van der Waals surface area contributed by atoms with Gasteiger partial charge in [-0.25, -0.2) is 9.50 Å². The van der Waals surface area contributed by atoms with Gasteiger partial charge in [0.05, 0.1) is 29.5 Å². The Morgan fingerprint density at radius 3 is 2.93 bits per heavy atom. The molecular formula is C21H19N7S. The molecule has 1 saturated heterocycles. The Morgan fingerprint density at radius 2 is 2.14 bits per heavy atom. The molecular weight excluding hydrogens is 382 g/mol. The van der Waals surface area contributed by atoms with Gasteiger partial charge in [0.2, 0.25) is 0 Å². The van der Waals surface area contributed by atoms with E-state index < -0.39 is 0 Å². The molecule has 4 aromatic heterocycles. The number of fused-ring (bicyclic) bond motifs is 1. The van der Waals surface area contributed by atoms with E-state index >= 15 is 0 Å². The highest BCUT2D eigenvalue weighted by molar-refractivity contribution is 7.99. The molecule has 5 heterocycles. The number of aromatic nitrogens is 5. The molecule has 144 valence electrons. The molecule has 0 unspecified atom stereocenters. The van der Waals surface area contributed by atoms with Gasteiger partial charge in [-0.1, -0.05) is 17.8 Å². The van der Waals surface area contributed by atoms with Gasteiger partial charge in [0.1, 0.15) is 11.1 Å². The van der Waals surface area contributed by atoms with Gasteiger partial charge in [-0.2, -0.15) is 15.5 Å². The number of nitriles is 1. The van der Waals surface area contributed by atoms with Crippen LogP contribution < -0.4 is 5.32 Å². The summed E-state index contributed by atoms with van der Waals surface area (Å²) in [7, 11) is 0. The molecule has 0 bridgehead atoms. The minimum atomic E-state index is 0.387. The summed E-state index contributed by atoms with van der Waals surface area (Å²) >= 11 is 1.53. The summed E-state index contributed by atoms with van der Waals surface area (Å²) < 4.78 is 3.83. The predicted octanol–water partition coefficient (Wildman–Crippen LogP) is 3.54. The van der Waals surface area contributed by atoms with Crippen molar-refractivity contribution < 1.29 is 0 Å². The number of piperidine rings is 1. The largest absolute Gasteiger partial charge is 0.315 e. The summed E-state index contributed by atoms with van der Waals surface area (Å²) in [5.74, 6) is 0. The number of pyridine rings is 2. The first-order valence-corrected chi connectivity index (χ1v) is 10.4. The van der Waals surface area contributed by atoms with E-state index in [1.165, 1.54) is 18.2 Å². The Kier molecular flexibility index (Phi) is 4.76. The van der Waals surface area contributed by atoms with E-state index in [4.69, 9.17) is 0 Å². The maximum Gasteiger partial charge on any atom is 0.103 e. The summed E-state index contributed by atoms with van der Waals surface area (Å²) in [5, 5.41) is 22.8. The summed E-state index contributed by atoms with van der Waals surface area (Å²) in [6.07, 6.45) is 11.6. The molecule has 8 heteroatoms. The molecule has 7 nitrogen and oxygen atoms in total. The second kappa shape index (κ2) is 7.70. The van der Waals surface area contributed by atoms with E-state index in [-0.39, 0.29) is 0 Å². The average Bonchev–Trinajstić information content (AvgIpc) is 3.42. The third-order valence-electron chi connectivity index (χ3n) is 5.13. The quantitative estimate of drug-likeness (QED) is 0.563. The zero-order valence-electron chi connectivity index (χ0n) is 15.7. The van der Waals surface area contributed by atoms with Gasteiger partial charge in [-0.05, 0) is 37.6 Å². The van der Waals surface area contributed by atoms with Gasteiger partial charge in [-0.3, -0.25) is 4.68 Å². The molecule has 0 aromatic carbocycles. The van der Waals surface area contributed by atoms with Crippen LogP contribution in [0, 0.1) is 11.3 Å². The number of rotatable bonds is 4. The van der Waals surface area contributed by atoms with Crippen molar-refractivity contribution in [2.75, 3.05) is 13.1 Å². The molecule has 4 aromatic rings. The zero-order valence-corrected chi connectivity index (χ0v) is 16.5. The number of hydrogen-bond acceptors (Lipinski definition) is 6. The standard InChI is InChI=1S/C21H19N7S/c22-9-16-10-26-28-13-15(8-19(21(16)28)29-20-5-1-2-7-24-20)17-11-25-27(14-17)18-4-3-6-23-12-18/h1-2,5,7-8,10-11,13-14,18,23H,3-4,6,12H2/t18-/m1/s1. The molecule has 1 aliphatic heterocycles. The Hall–Kier alpha value is -3.15. The van der Waals surface area contributed by atoms with Crippen LogP contribution in [0.2, 0.25) is 0 Å². The summed E-state index contributed by atoms with van der Waals surface area (Å²) in [6.45, 7) is 2.03. The smallest absolute Gasteiger partial charge is 0.103 e. The lowest BCUT2D eigenvalue weighted by Gasteiger charge is -2.22. The van der Waals surface area contributed by atoms with Crippen LogP contribution >= 0.6 is 11.8 Å².